The van der Waals surface area contributed by atoms with E-state index >= 15 is 0 Å². The van der Waals surface area contributed by atoms with E-state index in [0.717, 1.165) is 40.8 Å². The van der Waals surface area contributed by atoms with Gasteiger partial charge in [-0.05, 0) is 84.5 Å². The number of benzene rings is 4. The molecule has 4 aromatic rings. The van der Waals surface area contributed by atoms with Crippen LogP contribution in [0.15, 0.2) is 103 Å². The monoisotopic (exact) mass is 563 g/mol. The first-order valence-corrected chi connectivity index (χ1v) is 14.4. The molecule has 0 radical (unpaired) electrons. The molecule has 0 aliphatic carbocycles. The van der Waals surface area contributed by atoms with Gasteiger partial charge in [0.15, 0.2) is 0 Å². The fraction of sp³-hybridized carbons (Fsp3) is 0.257. The highest BCUT2D eigenvalue weighted by Gasteiger charge is 2.40. The zero-order valence-corrected chi connectivity index (χ0v) is 23.9. The Morgan fingerprint density at radius 1 is 0.738 bits per heavy atom. The maximum absolute atomic E-state index is 13.8. The zero-order chi connectivity index (χ0) is 29.3. The standard InChI is InChI=1S/C35H37N3O4/c1-41-29-18-20-31(21-19-29)42-30-16-12-25(13-17-30)23-32-35(40)38(33(34(39)37-32)9-5-6-22-36)24-26-10-14-28(15-11-26)27-7-3-2-4-8-27/h2-4,7-8,10-21,32-33H,5-6,9,22-24,36H2,1H3,(H,37,39)/t32-,33-/m0/s1. The maximum atomic E-state index is 13.8. The largest absolute Gasteiger partial charge is 0.497 e. The van der Waals surface area contributed by atoms with E-state index < -0.39 is 12.1 Å². The van der Waals surface area contributed by atoms with Gasteiger partial charge in [-0.3, -0.25) is 9.59 Å². The normalized spacial score (nSPS) is 16.7. The lowest BCUT2D eigenvalue weighted by atomic mass is 9.96. The molecule has 2 atom stereocenters. The van der Waals surface area contributed by atoms with Crippen LogP contribution in [-0.2, 0) is 22.6 Å². The zero-order valence-electron chi connectivity index (χ0n) is 23.9. The Labute approximate surface area is 247 Å². The van der Waals surface area contributed by atoms with Crippen molar-refractivity contribution in [3.8, 4) is 28.4 Å². The third kappa shape index (κ3) is 7.17. The average molecular weight is 564 g/mol. The van der Waals surface area contributed by atoms with E-state index in [1.54, 1.807) is 12.0 Å². The van der Waals surface area contributed by atoms with E-state index in [1.807, 2.05) is 78.9 Å². The second kappa shape index (κ2) is 13.8. The minimum atomic E-state index is -0.639. The highest BCUT2D eigenvalue weighted by Crippen LogP contribution is 2.26. The van der Waals surface area contributed by atoms with Crippen molar-refractivity contribution in [3.63, 3.8) is 0 Å². The smallest absolute Gasteiger partial charge is 0.246 e. The molecule has 0 saturated carbocycles. The SMILES string of the molecule is COc1ccc(Oc2ccc(C[C@@H]3NC(=O)[C@H](CCCCN)N(Cc4ccc(-c5ccccc5)cc4)C3=O)cc2)cc1. The fourth-order valence-electron chi connectivity index (χ4n) is 5.26. The molecular formula is C35H37N3O4. The number of ether oxygens (including phenoxy) is 2. The Morgan fingerprint density at radius 3 is 1.98 bits per heavy atom. The topological polar surface area (TPSA) is 93.9 Å². The van der Waals surface area contributed by atoms with Gasteiger partial charge >= 0.3 is 0 Å². The molecule has 1 aliphatic rings. The molecule has 216 valence electrons. The molecule has 4 aromatic carbocycles. The fourth-order valence-corrected chi connectivity index (χ4v) is 5.26. The maximum Gasteiger partial charge on any atom is 0.246 e. The van der Waals surface area contributed by atoms with E-state index in [-0.39, 0.29) is 11.8 Å². The van der Waals surface area contributed by atoms with Crippen molar-refractivity contribution in [1.29, 1.82) is 0 Å². The number of hydrogen-bond donors (Lipinski definition) is 2. The van der Waals surface area contributed by atoms with Crippen molar-refractivity contribution < 1.29 is 19.1 Å². The Hall–Kier alpha value is -4.62. The van der Waals surface area contributed by atoms with Crippen molar-refractivity contribution in [1.82, 2.24) is 10.2 Å². The molecule has 1 heterocycles. The molecule has 42 heavy (non-hydrogen) atoms. The third-order valence-electron chi connectivity index (χ3n) is 7.58. The molecule has 7 nitrogen and oxygen atoms in total. The van der Waals surface area contributed by atoms with E-state index in [4.69, 9.17) is 15.2 Å². The third-order valence-corrected chi connectivity index (χ3v) is 7.58. The summed E-state index contributed by atoms with van der Waals surface area (Å²) in [5.74, 6) is 1.96. The number of rotatable bonds is 12. The van der Waals surface area contributed by atoms with Gasteiger partial charge < -0.3 is 25.4 Å². The van der Waals surface area contributed by atoms with Crippen LogP contribution in [0.1, 0.15) is 30.4 Å². The molecule has 1 fully saturated rings. The Balaban J connectivity index is 1.28. The Kier molecular flexibility index (Phi) is 9.51. The van der Waals surface area contributed by atoms with Crippen LogP contribution in [0.2, 0.25) is 0 Å². The minimum Gasteiger partial charge on any atom is -0.497 e. The van der Waals surface area contributed by atoms with Crippen molar-refractivity contribution >= 4 is 11.8 Å². The number of carbonyl (C=O) groups is 2. The molecule has 1 saturated heterocycles. The van der Waals surface area contributed by atoms with Gasteiger partial charge in [0.2, 0.25) is 11.8 Å². The number of amides is 2. The molecule has 1 aliphatic heterocycles. The summed E-state index contributed by atoms with van der Waals surface area (Å²) in [6, 6.07) is 32.2. The van der Waals surface area contributed by atoms with E-state index in [2.05, 4.69) is 29.6 Å². The molecular weight excluding hydrogens is 526 g/mol. The summed E-state index contributed by atoms with van der Waals surface area (Å²) in [7, 11) is 1.62. The molecule has 2 amide bonds. The highest BCUT2D eigenvalue weighted by atomic mass is 16.5. The molecule has 3 N–H and O–H groups in total. The van der Waals surface area contributed by atoms with Gasteiger partial charge in [0, 0.05) is 13.0 Å². The van der Waals surface area contributed by atoms with Crippen LogP contribution >= 0.6 is 0 Å². The van der Waals surface area contributed by atoms with Crippen LogP contribution in [0.3, 0.4) is 0 Å². The number of nitrogens with one attached hydrogen (secondary N) is 1. The first-order valence-electron chi connectivity index (χ1n) is 14.4. The van der Waals surface area contributed by atoms with Crippen LogP contribution in [0, 0.1) is 0 Å². The summed E-state index contributed by atoms with van der Waals surface area (Å²) in [6.07, 6.45) is 2.57. The average Bonchev–Trinajstić information content (AvgIpc) is 3.03. The summed E-state index contributed by atoms with van der Waals surface area (Å²) in [5, 5.41) is 3.00. The van der Waals surface area contributed by atoms with Crippen LogP contribution < -0.4 is 20.5 Å². The van der Waals surface area contributed by atoms with E-state index in [9.17, 15) is 9.59 Å². The molecule has 0 spiro atoms. The lowest BCUT2D eigenvalue weighted by molar-refractivity contribution is -0.150. The second-order valence-electron chi connectivity index (χ2n) is 10.5. The number of methoxy groups -OCH3 is 1. The van der Waals surface area contributed by atoms with Gasteiger partial charge in [-0.2, -0.15) is 0 Å². The predicted octanol–water partition coefficient (Wildman–Crippen LogP) is 5.72. The molecule has 7 heteroatoms. The number of unbranched alkanes of at least 4 members (excludes halogenated alkanes) is 1. The summed E-state index contributed by atoms with van der Waals surface area (Å²) in [6.45, 7) is 0.934. The van der Waals surface area contributed by atoms with Gasteiger partial charge in [0.25, 0.3) is 0 Å². The Bertz CT molecular complexity index is 1460. The number of piperazine rings is 1. The summed E-state index contributed by atoms with van der Waals surface area (Å²) in [5.41, 5.74) is 9.87. The minimum absolute atomic E-state index is 0.0713. The lowest BCUT2D eigenvalue weighted by Crippen LogP contribution is -2.63. The number of hydrogen-bond acceptors (Lipinski definition) is 5. The van der Waals surface area contributed by atoms with Gasteiger partial charge in [0.1, 0.15) is 29.3 Å². The van der Waals surface area contributed by atoms with Crippen LogP contribution in [-0.4, -0.2) is 42.5 Å². The van der Waals surface area contributed by atoms with Crippen molar-refractivity contribution in [2.24, 2.45) is 5.73 Å². The molecule has 5 rings (SSSR count). The van der Waals surface area contributed by atoms with Crippen LogP contribution in [0.25, 0.3) is 11.1 Å². The van der Waals surface area contributed by atoms with Gasteiger partial charge in [-0.1, -0.05) is 66.7 Å². The van der Waals surface area contributed by atoms with Crippen LogP contribution in [0.4, 0.5) is 0 Å². The number of carbonyl (C=O) groups excluding carboxylic acids is 2. The summed E-state index contributed by atoms with van der Waals surface area (Å²) in [4.78, 5) is 28.9. The second-order valence-corrected chi connectivity index (χ2v) is 10.5. The molecule has 0 aromatic heterocycles. The van der Waals surface area contributed by atoms with E-state index in [1.165, 1.54) is 0 Å². The summed E-state index contributed by atoms with van der Waals surface area (Å²) < 4.78 is 11.1. The first kappa shape index (κ1) is 28.9. The highest BCUT2D eigenvalue weighted by molar-refractivity contribution is 5.97. The molecule has 0 unspecified atom stereocenters. The van der Waals surface area contributed by atoms with Crippen molar-refractivity contribution in [3.05, 3.63) is 114 Å². The van der Waals surface area contributed by atoms with Gasteiger partial charge in [0.05, 0.1) is 7.11 Å². The lowest BCUT2D eigenvalue weighted by Gasteiger charge is -2.39. The van der Waals surface area contributed by atoms with Crippen LogP contribution in [0.5, 0.6) is 17.2 Å². The number of nitrogens with zero attached hydrogens (tertiary/aromatic N) is 1. The van der Waals surface area contributed by atoms with E-state index in [0.29, 0.717) is 37.4 Å². The first-order chi connectivity index (χ1) is 20.5. The summed E-state index contributed by atoms with van der Waals surface area (Å²) >= 11 is 0. The number of nitrogens with two attached hydrogens (primary N) is 1. The Morgan fingerprint density at radius 2 is 1.33 bits per heavy atom. The van der Waals surface area contributed by atoms with Gasteiger partial charge in [-0.25, -0.2) is 0 Å². The van der Waals surface area contributed by atoms with Gasteiger partial charge in [-0.15, -0.1) is 0 Å². The van der Waals surface area contributed by atoms with Crippen molar-refractivity contribution in [2.75, 3.05) is 13.7 Å². The molecule has 0 bridgehead atoms. The quantitative estimate of drug-likeness (QED) is 0.215. The predicted molar refractivity (Wildman–Crippen MR) is 164 cm³/mol. The van der Waals surface area contributed by atoms with Crippen molar-refractivity contribution in [2.45, 2.75) is 44.3 Å².